The molecule has 0 aliphatic carbocycles. The van der Waals surface area contributed by atoms with Crippen molar-refractivity contribution in [2.24, 2.45) is 5.92 Å². The van der Waals surface area contributed by atoms with Crippen molar-refractivity contribution in [2.75, 3.05) is 39.2 Å². The van der Waals surface area contributed by atoms with Crippen LogP contribution in [0.15, 0.2) is 54.6 Å². The number of ketones is 1. The van der Waals surface area contributed by atoms with E-state index in [1.165, 1.54) is 6.92 Å². The average Bonchev–Trinajstić information content (AvgIpc) is 2.69. The van der Waals surface area contributed by atoms with Crippen molar-refractivity contribution in [3.05, 3.63) is 60.2 Å². The molecule has 28 heavy (non-hydrogen) atoms. The third-order valence-corrected chi connectivity index (χ3v) is 4.45. The fraction of sp³-hybridized carbons (Fsp3) is 0.318. The van der Waals surface area contributed by atoms with E-state index >= 15 is 0 Å². The van der Waals surface area contributed by atoms with Gasteiger partial charge in [0.05, 0.1) is 12.8 Å². The molecule has 1 atom stereocenters. The first-order valence-electron chi connectivity index (χ1n) is 9.09. The number of nitrogens with zero attached hydrogens (tertiary/aromatic N) is 2. The first-order valence-corrected chi connectivity index (χ1v) is 9.09. The highest BCUT2D eigenvalue weighted by Crippen LogP contribution is 2.23. The number of ether oxygens (including phenoxy) is 1. The van der Waals surface area contributed by atoms with Crippen LogP contribution in [-0.4, -0.2) is 56.6 Å². The Morgan fingerprint density at radius 3 is 2.11 bits per heavy atom. The Hall–Kier alpha value is -2.99. The molecule has 1 N–H and O–H groups in total. The predicted octanol–water partition coefficient (Wildman–Crippen LogP) is 2.86. The molecule has 2 rings (SSSR count). The molecule has 2 aromatic rings. The van der Waals surface area contributed by atoms with Crippen LogP contribution in [-0.2, 0) is 9.59 Å². The van der Waals surface area contributed by atoms with E-state index in [1.54, 1.807) is 60.5 Å². The van der Waals surface area contributed by atoms with E-state index in [2.05, 4.69) is 0 Å². The first-order chi connectivity index (χ1) is 13.3. The number of carbonyl (C=O) groups excluding carboxylic acids is 2. The highest BCUT2D eigenvalue weighted by atomic mass is 16.5. The molecule has 0 fully saturated rings. The summed E-state index contributed by atoms with van der Waals surface area (Å²) >= 11 is 0. The standard InChI is InChI=1S/C22H27N3O3/c1-16(26)20(21(23)17-8-6-5-7-9-17)22(27)25(15-14-24(2)3)18-10-12-19(28-4)13-11-18/h5-13,20,23H,14-15H2,1-4H3. The smallest absolute Gasteiger partial charge is 0.243 e. The number of methoxy groups -OCH3 is 1. The molecule has 6 heteroatoms. The van der Waals surface area contributed by atoms with Crippen molar-refractivity contribution in [2.45, 2.75) is 6.92 Å². The van der Waals surface area contributed by atoms with E-state index in [1.807, 2.05) is 25.1 Å². The van der Waals surface area contributed by atoms with Crippen LogP contribution in [0.4, 0.5) is 5.69 Å². The maximum atomic E-state index is 13.4. The molecule has 0 heterocycles. The highest BCUT2D eigenvalue weighted by Gasteiger charge is 2.33. The first kappa shape index (κ1) is 21.3. The van der Waals surface area contributed by atoms with Crippen molar-refractivity contribution in [1.29, 1.82) is 5.41 Å². The Bertz CT molecular complexity index is 817. The lowest BCUT2D eigenvalue weighted by molar-refractivity contribution is -0.128. The Morgan fingerprint density at radius 2 is 1.61 bits per heavy atom. The summed E-state index contributed by atoms with van der Waals surface area (Å²) in [4.78, 5) is 29.3. The second-order valence-electron chi connectivity index (χ2n) is 6.81. The van der Waals surface area contributed by atoms with Gasteiger partial charge >= 0.3 is 0 Å². The molecular formula is C22H27N3O3. The van der Waals surface area contributed by atoms with Gasteiger partial charge in [0.15, 0.2) is 0 Å². The molecule has 0 radical (unpaired) electrons. The van der Waals surface area contributed by atoms with E-state index in [0.717, 1.165) is 0 Å². The summed E-state index contributed by atoms with van der Waals surface area (Å²) in [7, 11) is 5.42. The summed E-state index contributed by atoms with van der Waals surface area (Å²) in [5.41, 5.74) is 1.25. The van der Waals surface area contributed by atoms with Gasteiger partial charge in [-0.3, -0.25) is 9.59 Å². The Balaban J connectivity index is 2.38. The molecule has 2 aromatic carbocycles. The molecule has 0 aromatic heterocycles. The van der Waals surface area contributed by atoms with Gasteiger partial charge in [-0.25, -0.2) is 0 Å². The third-order valence-electron chi connectivity index (χ3n) is 4.45. The van der Waals surface area contributed by atoms with Crippen molar-refractivity contribution >= 4 is 23.1 Å². The lowest BCUT2D eigenvalue weighted by Gasteiger charge is -2.28. The molecule has 0 saturated heterocycles. The highest BCUT2D eigenvalue weighted by molar-refractivity contribution is 6.27. The van der Waals surface area contributed by atoms with E-state index in [-0.39, 0.29) is 11.5 Å². The minimum Gasteiger partial charge on any atom is -0.497 e. The minimum atomic E-state index is -1.15. The van der Waals surface area contributed by atoms with Gasteiger partial charge in [-0.1, -0.05) is 30.3 Å². The zero-order valence-electron chi connectivity index (χ0n) is 16.8. The number of rotatable bonds is 9. The molecule has 1 amide bonds. The number of hydrogen-bond donors (Lipinski definition) is 1. The zero-order valence-corrected chi connectivity index (χ0v) is 16.8. The molecule has 1 unspecified atom stereocenters. The summed E-state index contributed by atoms with van der Waals surface area (Å²) in [6, 6.07) is 16.0. The number of likely N-dealkylation sites (N-methyl/N-ethyl adjacent to an activating group) is 1. The van der Waals surface area contributed by atoms with Crippen LogP contribution >= 0.6 is 0 Å². The number of Topliss-reactive ketones (excluding diaryl/α,β-unsaturated/α-hetero) is 1. The zero-order chi connectivity index (χ0) is 20.7. The summed E-state index contributed by atoms with van der Waals surface area (Å²) in [5.74, 6) is -1.20. The molecule has 0 saturated carbocycles. The number of nitrogens with one attached hydrogen (secondary N) is 1. The summed E-state index contributed by atoms with van der Waals surface area (Å²) in [5, 5.41) is 8.49. The van der Waals surface area contributed by atoms with Crippen LogP contribution in [0.3, 0.4) is 0 Å². The molecular weight excluding hydrogens is 354 g/mol. The maximum Gasteiger partial charge on any atom is 0.243 e. The number of carbonyl (C=O) groups is 2. The monoisotopic (exact) mass is 381 g/mol. The number of anilines is 1. The van der Waals surface area contributed by atoms with Crippen LogP contribution in [0.25, 0.3) is 0 Å². The fourth-order valence-electron chi connectivity index (χ4n) is 2.87. The van der Waals surface area contributed by atoms with E-state index in [4.69, 9.17) is 10.1 Å². The number of benzene rings is 2. The van der Waals surface area contributed by atoms with Crippen molar-refractivity contribution in [3.8, 4) is 5.75 Å². The molecule has 148 valence electrons. The van der Waals surface area contributed by atoms with Crippen molar-refractivity contribution in [3.63, 3.8) is 0 Å². The quantitative estimate of drug-likeness (QED) is 0.535. The van der Waals surface area contributed by atoms with Crippen molar-refractivity contribution in [1.82, 2.24) is 4.90 Å². The topological polar surface area (TPSA) is 73.7 Å². The van der Waals surface area contributed by atoms with Crippen LogP contribution in [0.5, 0.6) is 5.75 Å². The van der Waals surface area contributed by atoms with Gasteiger partial charge in [0.2, 0.25) is 5.91 Å². The van der Waals surface area contributed by atoms with Crippen LogP contribution in [0.1, 0.15) is 12.5 Å². The SMILES string of the molecule is COc1ccc(N(CCN(C)C)C(=O)C(C(=N)c2ccccc2)C(C)=O)cc1. The summed E-state index contributed by atoms with van der Waals surface area (Å²) < 4.78 is 5.19. The summed E-state index contributed by atoms with van der Waals surface area (Å²) in [6.07, 6.45) is 0. The van der Waals surface area contributed by atoms with Gasteiger partial charge in [-0.2, -0.15) is 0 Å². The molecule has 6 nitrogen and oxygen atoms in total. The Morgan fingerprint density at radius 1 is 1.00 bits per heavy atom. The minimum absolute atomic E-state index is 0.0152. The normalized spacial score (nSPS) is 11.8. The van der Waals surface area contributed by atoms with E-state index < -0.39 is 11.8 Å². The molecule has 0 aliphatic heterocycles. The van der Waals surface area contributed by atoms with Gasteiger partial charge in [0.1, 0.15) is 17.5 Å². The van der Waals surface area contributed by atoms with Gasteiger partial charge in [0.25, 0.3) is 0 Å². The largest absolute Gasteiger partial charge is 0.497 e. The molecule has 0 spiro atoms. The Kier molecular flexibility index (Phi) is 7.46. The van der Waals surface area contributed by atoms with E-state index in [0.29, 0.717) is 30.1 Å². The second-order valence-corrected chi connectivity index (χ2v) is 6.81. The predicted molar refractivity (Wildman–Crippen MR) is 111 cm³/mol. The van der Waals surface area contributed by atoms with Crippen LogP contribution < -0.4 is 9.64 Å². The van der Waals surface area contributed by atoms with Gasteiger partial charge < -0.3 is 19.9 Å². The van der Waals surface area contributed by atoms with Gasteiger partial charge in [-0.05, 0) is 50.8 Å². The number of hydrogen-bond acceptors (Lipinski definition) is 5. The third kappa shape index (κ3) is 5.27. The van der Waals surface area contributed by atoms with E-state index in [9.17, 15) is 9.59 Å². The van der Waals surface area contributed by atoms with Gasteiger partial charge in [0, 0.05) is 18.8 Å². The lowest BCUT2D eigenvalue weighted by atomic mass is 9.92. The molecule has 0 aliphatic rings. The molecule has 0 bridgehead atoms. The summed E-state index contributed by atoms with van der Waals surface area (Å²) in [6.45, 7) is 2.39. The Labute approximate surface area is 166 Å². The van der Waals surface area contributed by atoms with Crippen molar-refractivity contribution < 1.29 is 14.3 Å². The maximum absolute atomic E-state index is 13.4. The van der Waals surface area contributed by atoms with Crippen LogP contribution in [0.2, 0.25) is 0 Å². The number of amides is 1. The lowest BCUT2D eigenvalue weighted by Crippen LogP contribution is -2.45. The average molecular weight is 381 g/mol. The van der Waals surface area contributed by atoms with Gasteiger partial charge in [-0.15, -0.1) is 0 Å². The fourth-order valence-corrected chi connectivity index (χ4v) is 2.87. The van der Waals surface area contributed by atoms with Crippen LogP contribution in [0, 0.1) is 11.3 Å². The second kappa shape index (κ2) is 9.80.